The molecule has 2 rings (SSSR count). The Morgan fingerprint density at radius 2 is 1.62 bits per heavy atom. The topological polar surface area (TPSA) is 83.1 Å². The summed E-state index contributed by atoms with van der Waals surface area (Å²) in [5.74, 6) is 0.227. The van der Waals surface area contributed by atoms with Crippen molar-refractivity contribution in [3.05, 3.63) is 47.0 Å². The molecule has 2 aromatic carbocycles. The SMILES string of the molecule is COc1ccc(C(=O)OCC(=O)Nc2cc(Cl)c(OC)cc2OC)cc1. The molecule has 138 valence electrons. The summed E-state index contributed by atoms with van der Waals surface area (Å²) >= 11 is 6.05. The van der Waals surface area contributed by atoms with E-state index < -0.39 is 18.5 Å². The van der Waals surface area contributed by atoms with Gasteiger partial charge in [0, 0.05) is 6.07 Å². The Hall–Kier alpha value is -2.93. The molecule has 2 aromatic rings. The highest BCUT2D eigenvalue weighted by Gasteiger charge is 2.14. The number of benzene rings is 2. The van der Waals surface area contributed by atoms with E-state index in [4.69, 9.17) is 30.5 Å². The molecular weight excluding hydrogens is 362 g/mol. The minimum Gasteiger partial charge on any atom is -0.497 e. The smallest absolute Gasteiger partial charge is 0.338 e. The fourth-order valence-electron chi connectivity index (χ4n) is 2.09. The zero-order chi connectivity index (χ0) is 19.1. The van der Waals surface area contributed by atoms with Gasteiger partial charge in [-0.1, -0.05) is 11.6 Å². The molecule has 26 heavy (non-hydrogen) atoms. The van der Waals surface area contributed by atoms with Crippen LogP contribution in [-0.4, -0.2) is 39.8 Å². The fraction of sp³-hybridized carbons (Fsp3) is 0.222. The quantitative estimate of drug-likeness (QED) is 0.744. The first kappa shape index (κ1) is 19.4. The number of anilines is 1. The molecule has 0 heterocycles. The second kappa shape index (κ2) is 8.96. The normalized spacial score (nSPS) is 10.0. The monoisotopic (exact) mass is 379 g/mol. The predicted octanol–water partition coefficient (Wildman–Crippen LogP) is 3.16. The van der Waals surface area contributed by atoms with Crippen LogP contribution in [0.5, 0.6) is 17.2 Å². The van der Waals surface area contributed by atoms with Gasteiger partial charge >= 0.3 is 5.97 Å². The van der Waals surface area contributed by atoms with E-state index in [1.807, 2.05) is 0 Å². The van der Waals surface area contributed by atoms with Crippen LogP contribution in [0.15, 0.2) is 36.4 Å². The van der Waals surface area contributed by atoms with Gasteiger partial charge < -0.3 is 24.3 Å². The Morgan fingerprint density at radius 1 is 0.962 bits per heavy atom. The van der Waals surface area contributed by atoms with Gasteiger partial charge in [-0.2, -0.15) is 0 Å². The first-order chi connectivity index (χ1) is 12.5. The van der Waals surface area contributed by atoms with E-state index in [0.29, 0.717) is 33.5 Å². The zero-order valence-electron chi connectivity index (χ0n) is 14.5. The molecule has 0 saturated heterocycles. The maximum Gasteiger partial charge on any atom is 0.338 e. The minimum absolute atomic E-state index is 0.304. The van der Waals surface area contributed by atoms with Crippen molar-refractivity contribution in [2.45, 2.75) is 0 Å². The van der Waals surface area contributed by atoms with Crippen molar-refractivity contribution >= 4 is 29.2 Å². The molecule has 7 nitrogen and oxygen atoms in total. The fourth-order valence-corrected chi connectivity index (χ4v) is 2.33. The number of carbonyl (C=O) groups excluding carboxylic acids is 2. The van der Waals surface area contributed by atoms with Gasteiger partial charge in [0.25, 0.3) is 5.91 Å². The van der Waals surface area contributed by atoms with Gasteiger partial charge in [0.1, 0.15) is 17.2 Å². The third kappa shape index (κ3) is 4.80. The van der Waals surface area contributed by atoms with Crippen LogP contribution in [0.25, 0.3) is 0 Å². The summed E-state index contributed by atoms with van der Waals surface area (Å²) < 4.78 is 20.3. The van der Waals surface area contributed by atoms with E-state index >= 15 is 0 Å². The second-order valence-corrected chi connectivity index (χ2v) is 5.45. The third-order valence-electron chi connectivity index (χ3n) is 3.41. The van der Waals surface area contributed by atoms with Gasteiger partial charge in [0.05, 0.1) is 37.6 Å². The van der Waals surface area contributed by atoms with E-state index in [9.17, 15) is 9.59 Å². The highest BCUT2D eigenvalue weighted by molar-refractivity contribution is 6.32. The number of amides is 1. The second-order valence-electron chi connectivity index (χ2n) is 5.04. The van der Waals surface area contributed by atoms with E-state index in [2.05, 4.69) is 5.32 Å². The summed E-state index contributed by atoms with van der Waals surface area (Å²) in [6, 6.07) is 9.38. The highest BCUT2D eigenvalue weighted by atomic mass is 35.5. The maximum absolute atomic E-state index is 12.0. The van der Waals surface area contributed by atoms with Crippen LogP contribution in [0, 0.1) is 0 Å². The van der Waals surface area contributed by atoms with E-state index in [1.54, 1.807) is 30.3 Å². The summed E-state index contributed by atoms with van der Waals surface area (Å²) in [5, 5.41) is 2.88. The number of carbonyl (C=O) groups is 2. The summed E-state index contributed by atoms with van der Waals surface area (Å²) in [5.41, 5.74) is 0.646. The van der Waals surface area contributed by atoms with Crippen LogP contribution in [0.3, 0.4) is 0 Å². The van der Waals surface area contributed by atoms with Crippen LogP contribution in [0.2, 0.25) is 5.02 Å². The molecule has 8 heteroatoms. The molecule has 0 bridgehead atoms. The lowest BCUT2D eigenvalue weighted by Gasteiger charge is -2.13. The number of nitrogens with one attached hydrogen (secondary N) is 1. The van der Waals surface area contributed by atoms with E-state index in [-0.39, 0.29) is 0 Å². The van der Waals surface area contributed by atoms with Crippen molar-refractivity contribution in [2.75, 3.05) is 33.3 Å². The molecule has 1 amide bonds. The van der Waals surface area contributed by atoms with Crippen molar-refractivity contribution in [3.8, 4) is 17.2 Å². The number of methoxy groups -OCH3 is 3. The molecule has 1 N–H and O–H groups in total. The number of hydrogen-bond donors (Lipinski definition) is 1. The summed E-state index contributed by atoms with van der Waals surface area (Å²) in [6.45, 7) is -0.461. The van der Waals surface area contributed by atoms with Crippen LogP contribution >= 0.6 is 11.6 Å². The van der Waals surface area contributed by atoms with E-state index in [1.165, 1.54) is 27.4 Å². The van der Waals surface area contributed by atoms with Crippen molar-refractivity contribution in [2.24, 2.45) is 0 Å². The Balaban J connectivity index is 1.98. The van der Waals surface area contributed by atoms with Gasteiger partial charge in [0.15, 0.2) is 6.61 Å². The van der Waals surface area contributed by atoms with Gasteiger partial charge in [-0.3, -0.25) is 4.79 Å². The predicted molar refractivity (Wildman–Crippen MR) is 96.5 cm³/mol. The van der Waals surface area contributed by atoms with E-state index in [0.717, 1.165) is 0 Å². The van der Waals surface area contributed by atoms with Crippen LogP contribution in [0.1, 0.15) is 10.4 Å². The zero-order valence-corrected chi connectivity index (χ0v) is 15.3. The maximum atomic E-state index is 12.0. The molecule has 0 unspecified atom stereocenters. The number of ether oxygens (including phenoxy) is 4. The lowest BCUT2D eigenvalue weighted by Crippen LogP contribution is -2.21. The number of halogens is 1. The Bertz CT molecular complexity index is 791. The van der Waals surface area contributed by atoms with Gasteiger partial charge in [0.2, 0.25) is 0 Å². The number of hydrogen-bond acceptors (Lipinski definition) is 6. The molecule has 0 atom stereocenters. The number of esters is 1. The molecule has 0 aliphatic heterocycles. The van der Waals surface area contributed by atoms with Gasteiger partial charge in [-0.15, -0.1) is 0 Å². The van der Waals surface area contributed by atoms with Crippen LogP contribution < -0.4 is 19.5 Å². The summed E-state index contributed by atoms with van der Waals surface area (Å²) in [4.78, 5) is 24.0. The lowest BCUT2D eigenvalue weighted by molar-refractivity contribution is -0.119. The van der Waals surface area contributed by atoms with Crippen LogP contribution in [0.4, 0.5) is 5.69 Å². The molecule has 0 saturated carbocycles. The summed E-state index contributed by atoms with van der Waals surface area (Å²) in [6.07, 6.45) is 0. The molecule has 0 aliphatic rings. The number of rotatable bonds is 7. The highest BCUT2D eigenvalue weighted by Crippen LogP contribution is 2.35. The van der Waals surface area contributed by atoms with Crippen molar-refractivity contribution in [1.29, 1.82) is 0 Å². The first-order valence-corrected chi connectivity index (χ1v) is 7.88. The van der Waals surface area contributed by atoms with Crippen molar-refractivity contribution in [1.82, 2.24) is 0 Å². The van der Waals surface area contributed by atoms with Crippen LogP contribution in [-0.2, 0) is 9.53 Å². The first-order valence-electron chi connectivity index (χ1n) is 7.51. The third-order valence-corrected chi connectivity index (χ3v) is 3.70. The lowest BCUT2D eigenvalue weighted by atomic mass is 10.2. The Labute approximate surface area is 155 Å². The largest absolute Gasteiger partial charge is 0.497 e. The van der Waals surface area contributed by atoms with Gasteiger partial charge in [-0.25, -0.2) is 4.79 Å². The van der Waals surface area contributed by atoms with Gasteiger partial charge in [-0.05, 0) is 30.3 Å². The molecule has 0 spiro atoms. The molecule has 0 fully saturated rings. The van der Waals surface area contributed by atoms with Crippen molar-refractivity contribution < 1.29 is 28.5 Å². The Kier molecular flexibility index (Phi) is 6.68. The van der Waals surface area contributed by atoms with Crippen molar-refractivity contribution in [3.63, 3.8) is 0 Å². The molecule has 0 aromatic heterocycles. The standard InChI is InChI=1S/C18H18ClNO6/c1-23-12-6-4-11(5-7-12)18(22)26-10-17(21)20-14-8-13(19)15(24-2)9-16(14)25-3/h4-9H,10H2,1-3H3,(H,20,21). The average molecular weight is 380 g/mol. The molecular formula is C18H18ClNO6. The average Bonchev–Trinajstić information content (AvgIpc) is 2.66. The Morgan fingerprint density at radius 3 is 2.19 bits per heavy atom. The molecule has 0 radical (unpaired) electrons. The molecule has 0 aliphatic carbocycles. The summed E-state index contributed by atoms with van der Waals surface area (Å²) in [7, 11) is 4.44. The minimum atomic E-state index is -0.623.